The summed E-state index contributed by atoms with van der Waals surface area (Å²) in [5, 5.41) is 3.77. The molecule has 0 aliphatic carbocycles. The van der Waals surface area contributed by atoms with Crippen molar-refractivity contribution >= 4 is 27.3 Å². The Kier molecular flexibility index (Phi) is 5.39. The number of piperidine rings is 1. The average molecular weight is 387 g/mol. The Morgan fingerprint density at radius 3 is 2.52 bits per heavy atom. The van der Waals surface area contributed by atoms with E-state index in [9.17, 15) is 13.2 Å². The van der Waals surface area contributed by atoms with E-state index in [4.69, 9.17) is 16.3 Å². The molecule has 6 nitrogen and oxygen atoms in total. The summed E-state index contributed by atoms with van der Waals surface area (Å²) in [5.74, 6) is -0.293. The highest BCUT2D eigenvalue weighted by atomic mass is 35.5. The summed E-state index contributed by atoms with van der Waals surface area (Å²) < 4.78 is 29.4. The van der Waals surface area contributed by atoms with Crippen molar-refractivity contribution in [3.63, 3.8) is 0 Å². The predicted molar refractivity (Wildman–Crippen MR) is 96.4 cm³/mol. The molecule has 1 unspecified atom stereocenters. The summed E-state index contributed by atoms with van der Waals surface area (Å²) >= 11 is 5.92. The van der Waals surface area contributed by atoms with Crippen molar-refractivity contribution in [3.8, 4) is 0 Å². The zero-order chi connectivity index (χ0) is 18.1. The van der Waals surface area contributed by atoms with Crippen LogP contribution in [0.15, 0.2) is 24.3 Å². The van der Waals surface area contributed by atoms with Gasteiger partial charge in [0.2, 0.25) is 5.91 Å². The molecule has 1 aromatic rings. The van der Waals surface area contributed by atoms with Crippen LogP contribution in [0, 0.1) is 0 Å². The van der Waals surface area contributed by atoms with Gasteiger partial charge in [0.05, 0.1) is 13.2 Å². The van der Waals surface area contributed by atoms with E-state index in [1.807, 2.05) is 12.1 Å². The van der Waals surface area contributed by atoms with E-state index in [-0.39, 0.29) is 12.0 Å². The molecule has 2 aliphatic rings. The third-order valence-corrected chi connectivity index (χ3v) is 7.36. The van der Waals surface area contributed by atoms with Gasteiger partial charge < -0.3 is 15.0 Å². The Bertz CT molecular complexity index is 730. The lowest BCUT2D eigenvalue weighted by molar-refractivity contribution is -0.142. The van der Waals surface area contributed by atoms with Crippen LogP contribution >= 0.6 is 11.6 Å². The molecule has 0 spiro atoms. The molecule has 8 heteroatoms. The number of rotatable bonds is 3. The summed E-state index contributed by atoms with van der Waals surface area (Å²) in [7, 11) is -3.51. The molecule has 1 N–H and O–H groups in total. The maximum absolute atomic E-state index is 13.2. The van der Waals surface area contributed by atoms with Crippen molar-refractivity contribution in [1.29, 1.82) is 0 Å². The van der Waals surface area contributed by atoms with Crippen molar-refractivity contribution in [3.05, 3.63) is 34.9 Å². The normalized spacial score (nSPS) is 24.1. The molecule has 0 radical (unpaired) electrons. The van der Waals surface area contributed by atoms with Crippen molar-refractivity contribution in [2.45, 2.75) is 23.7 Å². The number of carbonyl (C=O) groups excluding carboxylic acids is 1. The Hall–Kier alpha value is -1.15. The van der Waals surface area contributed by atoms with Crippen LogP contribution in [-0.2, 0) is 19.4 Å². The first-order valence-corrected chi connectivity index (χ1v) is 10.7. The van der Waals surface area contributed by atoms with Gasteiger partial charge in [0.25, 0.3) is 0 Å². The van der Waals surface area contributed by atoms with Crippen LogP contribution in [0.25, 0.3) is 0 Å². The first kappa shape index (κ1) is 18.6. The number of nitrogens with one attached hydrogen (secondary N) is 1. The molecule has 2 fully saturated rings. The molecule has 138 valence electrons. The Labute approximate surface area is 153 Å². The van der Waals surface area contributed by atoms with E-state index in [0.717, 1.165) is 5.56 Å². The standard InChI is InChI=1S/C17H23ClN2O4S/c1-25(22,23)17(6-8-19-9-7-17)16(21)20-10-11-24-15(12-20)13-2-4-14(18)5-3-13/h2-5,15,19H,6-12H2,1H3. The number of nitrogens with zero attached hydrogens (tertiary/aromatic N) is 1. The fourth-order valence-corrected chi connectivity index (χ4v) is 5.09. The third kappa shape index (κ3) is 3.69. The molecule has 1 atom stereocenters. The minimum atomic E-state index is -3.51. The van der Waals surface area contributed by atoms with Crippen LogP contribution in [0.4, 0.5) is 0 Å². The second-order valence-electron chi connectivity index (χ2n) is 6.68. The maximum atomic E-state index is 13.2. The van der Waals surface area contributed by atoms with E-state index in [0.29, 0.717) is 50.7 Å². The van der Waals surface area contributed by atoms with E-state index >= 15 is 0 Å². The van der Waals surface area contributed by atoms with Gasteiger partial charge in [-0.3, -0.25) is 4.79 Å². The Morgan fingerprint density at radius 2 is 1.92 bits per heavy atom. The summed E-state index contributed by atoms with van der Waals surface area (Å²) in [4.78, 5) is 14.8. The fraction of sp³-hybridized carbons (Fsp3) is 0.588. The minimum absolute atomic E-state index is 0.270. The first-order chi connectivity index (χ1) is 11.8. The van der Waals surface area contributed by atoms with Crippen LogP contribution in [0.3, 0.4) is 0 Å². The Morgan fingerprint density at radius 1 is 1.28 bits per heavy atom. The van der Waals surface area contributed by atoms with Crippen molar-refractivity contribution in [2.24, 2.45) is 0 Å². The predicted octanol–water partition coefficient (Wildman–Crippen LogP) is 1.41. The largest absolute Gasteiger partial charge is 0.370 e. The smallest absolute Gasteiger partial charge is 0.244 e. The minimum Gasteiger partial charge on any atom is -0.370 e. The molecule has 25 heavy (non-hydrogen) atoms. The average Bonchev–Trinajstić information content (AvgIpc) is 2.61. The second kappa shape index (κ2) is 7.23. The first-order valence-electron chi connectivity index (χ1n) is 8.40. The molecule has 1 aromatic carbocycles. The number of ether oxygens (including phenoxy) is 1. The molecule has 2 aliphatic heterocycles. The van der Waals surface area contributed by atoms with Crippen LogP contribution < -0.4 is 5.32 Å². The summed E-state index contributed by atoms with van der Waals surface area (Å²) in [6, 6.07) is 7.31. The molecule has 0 bridgehead atoms. The van der Waals surface area contributed by atoms with Gasteiger partial charge in [0, 0.05) is 17.8 Å². The van der Waals surface area contributed by atoms with Gasteiger partial charge in [-0.1, -0.05) is 23.7 Å². The highest BCUT2D eigenvalue weighted by molar-refractivity contribution is 7.92. The van der Waals surface area contributed by atoms with Gasteiger partial charge in [-0.15, -0.1) is 0 Å². The molecular weight excluding hydrogens is 364 g/mol. The van der Waals surface area contributed by atoms with Crippen LogP contribution in [0.1, 0.15) is 24.5 Å². The molecule has 1 amide bonds. The van der Waals surface area contributed by atoms with E-state index in [1.54, 1.807) is 17.0 Å². The number of amides is 1. The van der Waals surface area contributed by atoms with E-state index < -0.39 is 14.6 Å². The lowest BCUT2D eigenvalue weighted by Crippen LogP contribution is -2.60. The maximum Gasteiger partial charge on any atom is 0.244 e. The molecule has 0 aromatic heterocycles. The lowest BCUT2D eigenvalue weighted by Gasteiger charge is -2.41. The highest BCUT2D eigenvalue weighted by Gasteiger charge is 2.51. The molecule has 3 rings (SSSR count). The van der Waals surface area contributed by atoms with Gasteiger partial charge in [-0.05, 0) is 43.6 Å². The topological polar surface area (TPSA) is 75.7 Å². The zero-order valence-electron chi connectivity index (χ0n) is 14.2. The molecular formula is C17H23ClN2O4S. The zero-order valence-corrected chi connectivity index (χ0v) is 15.8. The summed E-state index contributed by atoms with van der Waals surface area (Å²) in [5.41, 5.74) is 0.931. The molecule has 0 saturated carbocycles. The van der Waals surface area contributed by atoms with Gasteiger partial charge in [-0.2, -0.15) is 0 Å². The number of sulfone groups is 1. The number of halogens is 1. The monoisotopic (exact) mass is 386 g/mol. The van der Waals surface area contributed by atoms with Crippen LogP contribution in [0.2, 0.25) is 5.02 Å². The van der Waals surface area contributed by atoms with Crippen molar-refractivity contribution < 1.29 is 17.9 Å². The van der Waals surface area contributed by atoms with Gasteiger partial charge in [-0.25, -0.2) is 8.42 Å². The SMILES string of the molecule is CS(=O)(=O)C1(C(=O)N2CCOC(c3ccc(Cl)cc3)C2)CCNCC1. The number of hydrogen-bond acceptors (Lipinski definition) is 5. The van der Waals surface area contributed by atoms with Gasteiger partial charge >= 0.3 is 0 Å². The number of benzene rings is 1. The van der Waals surface area contributed by atoms with Crippen LogP contribution in [-0.4, -0.2) is 63.0 Å². The summed E-state index contributed by atoms with van der Waals surface area (Å²) in [6.45, 7) is 2.21. The lowest BCUT2D eigenvalue weighted by atomic mass is 9.94. The number of morpholine rings is 1. The second-order valence-corrected chi connectivity index (χ2v) is 9.44. The third-order valence-electron chi connectivity index (χ3n) is 5.11. The number of carbonyl (C=O) groups is 1. The van der Waals surface area contributed by atoms with Crippen LogP contribution in [0.5, 0.6) is 0 Å². The quantitative estimate of drug-likeness (QED) is 0.850. The number of hydrogen-bond donors (Lipinski definition) is 1. The molecule has 2 saturated heterocycles. The highest BCUT2D eigenvalue weighted by Crippen LogP contribution is 2.32. The fourth-order valence-electron chi connectivity index (χ4n) is 3.57. The van der Waals surface area contributed by atoms with Gasteiger partial charge in [0.1, 0.15) is 6.10 Å². The van der Waals surface area contributed by atoms with Crippen molar-refractivity contribution in [1.82, 2.24) is 10.2 Å². The Balaban J connectivity index is 1.82. The molecule has 2 heterocycles. The summed E-state index contributed by atoms with van der Waals surface area (Å²) in [6.07, 6.45) is 1.53. The van der Waals surface area contributed by atoms with E-state index in [1.165, 1.54) is 6.26 Å². The van der Waals surface area contributed by atoms with E-state index in [2.05, 4.69) is 5.32 Å². The van der Waals surface area contributed by atoms with Gasteiger partial charge in [0.15, 0.2) is 14.6 Å². The van der Waals surface area contributed by atoms with Crippen molar-refractivity contribution in [2.75, 3.05) is 39.0 Å².